The lowest BCUT2D eigenvalue weighted by Crippen LogP contribution is -2.53. The Kier molecular flexibility index (Phi) is 6.39. The van der Waals surface area contributed by atoms with Crippen molar-refractivity contribution in [3.05, 3.63) is 47.5 Å². The van der Waals surface area contributed by atoms with Gasteiger partial charge < -0.3 is 11.1 Å². The Morgan fingerprint density at radius 3 is 2.57 bits per heavy atom. The zero-order valence-electron chi connectivity index (χ0n) is 19.0. The summed E-state index contributed by atoms with van der Waals surface area (Å²) in [5.41, 5.74) is 8.74. The molecule has 3 saturated carbocycles. The number of hydrogen-bond acceptors (Lipinski definition) is 2. The molecule has 3 aliphatic rings. The quantitative estimate of drug-likeness (QED) is 0.633. The van der Waals surface area contributed by atoms with Gasteiger partial charge in [-0.2, -0.15) is 0 Å². The molecule has 1 aromatic carbocycles. The smallest absolute Gasteiger partial charge is 0.226 e. The molecule has 0 spiro atoms. The topological polar surface area (TPSA) is 55.1 Å². The third-order valence-corrected chi connectivity index (χ3v) is 8.40. The molecule has 1 amide bonds. The van der Waals surface area contributed by atoms with Crippen molar-refractivity contribution in [2.75, 3.05) is 6.54 Å². The van der Waals surface area contributed by atoms with Crippen LogP contribution in [-0.4, -0.2) is 18.5 Å². The van der Waals surface area contributed by atoms with Gasteiger partial charge in [0.25, 0.3) is 0 Å². The van der Waals surface area contributed by atoms with Crippen molar-refractivity contribution in [3.63, 3.8) is 0 Å². The number of hydrogen-bond donors (Lipinski definition) is 2. The van der Waals surface area contributed by atoms with Gasteiger partial charge in [-0.1, -0.05) is 55.8 Å². The number of amides is 1. The molecule has 1 aromatic rings. The number of fused-ring (bicyclic) bond motifs is 2. The number of nitrogens with one attached hydrogen (secondary N) is 1. The molecule has 4 rings (SSSR count). The molecule has 0 heterocycles. The van der Waals surface area contributed by atoms with Crippen LogP contribution in [0, 0.1) is 17.3 Å². The van der Waals surface area contributed by atoms with Gasteiger partial charge in [0, 0.05) is 11.5 Å². The summed E-state index contributed by atoms with van der Waals surface area (Å²) in [5.74, 6) is 1.48. The number of allylic oxidation sites excluding steroid dienone is 2. The summed E-state index contributed by atoms with van der Waals surface area (Å²) in [5, 5.41) is 3.48. The van der Waals surface area contributed by atoms with Gasteiger partial charge in [-0.25, -0.2) is 0 Å². The van der Waals surface area contributed by atoms with Crippen LogP contribution in [-0.2, 0) is 10.2 Å². The van der Waals surface area contributed by atoms with E-state index < -0.39 is 0 Å². The molecule has 3 unspecified atom stereocenters. The first-order valence-corrected chi connectivity index (χ1v) is 12.2. The first-order valence-electron chi connectivity index (χ1n) is 12.2. The molecule has 0 aliphatic heterocycles. The van der Waals surface area contributed by atoms with Gasteiger partial charge in [0.05, 0.1) is 0 Å². The van der Waals surface area contributed by atoms with Crippen LogP contribution in [0.25, 0.3) is 0 Å². The van der Waals surface area contributed by atoms with Gasteiger partial charge in [-0.15, -0.1) is 0 Å². The Balaban J connectivity index is 1.56. The summed E-state index contributed by atoms with van der Waals surface area (Å²) in [7, 11) is 0. The summed E-state index contributed by atoms with van der Waals surface area (Å²) in [6.07, 6.45) is 13.5. The van der Waals surface area contributed by atoms with Crippen molar-refractivity contribution >= 4 is 5.91 Å². The van der Waals surface area contributed by atoms with E-state index in [2.05, 4.69) is 55.6 Å². The van der Waals surface area contributed by atoms with Crippen LogP contribution in [0.15, 0.2) is 42.0 Å². The molecular formula is C27H40N2O. The summed E-state index contributed by atoms with van der Waals surface area (Å²) in [6, 6.07) is 11.4. The van der Waals surface area contributed by atoms with Crippen LogP contribution in [0.1, 0.15) is 83.6 Å². The van der Waals surface area contributed by atoms with Gasteiger partial charge in [-0.3, -0.25) is 4.79 Å². The van der Waals surface area contributed by atoms with Crippen molar-refractivity contribution in [2.24, 2.45) is 23.0 Å². The molecule has 3 N–H and O–H groups in total. The maximum atomic E-state index is 13.7. The van der Waals surface area contributed by atoms with E-state index in [1.165, 1.54) is 24.8 Å². The minimum Gasteiger partial charge on any atom is -0.353 e. The Bertz CT molecular complexity index is 764. The molecule has 0 aromatic heterocycles. The summed E-state index contributed by atoms with van der Waals surface area (Å²) < 4.78 is 0. The van der Waals surface area contributed by atoms with Gasteiger partial charge >= 0.3 is 0 Å². The maximum absolute atomic E-state index is 13.7. The highest BCUT2D eigenvalue weighted by Crippen LogP contribution is 2.58. The lowest BCUT2D eigenvalue weighted by Gasteiger charge is -2.53. The fourth-order valence-electron chi connectivity index (χ4n) is 6.78. The van der Waals surface area contributed by atoms with Crippen LogP contribution in [0.4, 0.5) is 0 Å². The lowest BCUT2D eigenvalue weighted by molar-refractivity contribution is -0.136. The molecule has 0 radical (unpaired) electrons. The highest BCUT2D eigenvalue weighted by molar-refractivity contribution is 5.83. The zero-order chi connectivity index (χ0) is 21.2. The minimum atomic E-state index is -0.295. The zero-order valence-corrected chi connectivity index (χ0v) is 19.0. The number of carbonyl (C=O) groups is 1. The van der Waals surface area contributed by atoms with E-state index in [1.54, 1.807) is 5.57 Å². The Labute approximate surface area is 182 Å². The van der Waals surface area contributed by atoms with Gasteiger partial charge in [0.1, 0.15) is 0 Å². The van der Waals surface area contributed by atoms with E-state index >= 15 is 0 Å². The second-order valence-electron chi connectivity index (χ2n) is 10.6. The van der Waals surface area contributed by atoms with E-state index in [9.17, 15) is 4.79 Å². The normalized spacial score (nSPS) is 37.7. The monoisotopic (exact) mass is 408 g/mol. The van der Waals surface area contributed by atoms with E-state index in [0.29, 0.717) is 23.8 Å². The molecule has 2 bridgehead atoms. The van der Waals surface area contributed by atoms with Crippen molar-refractivity contribution in [2.45, 2.75) is 89.5 Å². The molecule has 3 fully saturated rings. The second-order valence-corrected chi connectivity index (χ2v) is 10.6. The molecule has 3 nitrogen and oxygen atoms in total. The molecule has 164 valence electrons. The van der Waals surface area contributed by atoms with Gasteiger partial charge in [-0.05, 0) is 93.6 Å². The van der Waals surface area contributed by atoms with Gasteiger partial charge in [0.2, 0.25) is 5.91 Å². The average Bonchev–Trinajstić information content (AvgIpc) is 2.77. The van der Waals surface area contributed by atoms with E-state index in [0.717, 1.165) is 51.5 Å². The second kappa shape index (κ2) is 8.86. The van der Waals surface area contributed by atoms with Crippen molar-refractivity contribution in [1.82, 2.24) is 5.32 Å². The Morgan fingerprint density at radius 2 is 1.90 bits per heavy atom. The predicted octanol–water partition coefficient (Wildman–Crippen LogP) is 5.49. The average molecular weight is 409 g/mol. The molecule has 0 saturated heterocycles. The molecule has 3 heteroatoms. The Morgan fingerprint density at radius 1 is 1.17 bits per heavy atom. The highest BCUT2D eigenvalue weighted by Gasteiger charge is 2.53. The molecule has 30 heavy (non-hydrogen) atoms. The maximum Gasteiger partial charge on any atom is 0.226 e. The summed E-state index contributed by atoms with van der Waals surface area (Å²) in [4.78, 5) is 13.7. The van der Waals surface area contributed by atoms with Crippen LogP contribution < -0.4 is 11.1 Å². The van der Waals surface area contributed by atoms with E-state index in [-0.39, 0.29) is 10.8 Å². The van der Waals surface area contributed by atoms with E-state index in [1.807, 2.05) is 0 Å². The van der Waals surface area contributed by atoms with Crippen LogP contribution in [0.2, 0.25) is 0 Å². The third-order valence-electron chi connectivity index (χ3n) is 8.40. The number of rotatable bonds is 5. The minimum absolute atomic E-state index is 0.137. The largest absolute Gasteiger partial charge is 0.353 e. The highest BCUT2D eigenvalue weighted by atomic mass is 16.2. The first kappa shape index (κ1) is 21.6. The molecule has 3 atom stereocenters. The fourth-order valence-corrected chi connectivity index (χ4v) is 6.78. The number of carbonyl (C=O) groups excluding carboxylic acids is 1. The molecule has 3 aliphatic carbocycles. The van der Waals surface area contributed by atoms with Crippen molar-refractivity contribution in [3.8, 4) is 0 Å². The Hall–Kier alpha value is -1.61. The molecular weight excluding hydrogens is 368 g/mol. The van der Waals surface area contributed by atoms with Crippen LogP contribution in [0.5, 0.6) is 0 Å². The standard InChI is InChI=1S/C27H40N2O/c1-3-7-21-14-15-27(23-8-5-4-6-9-23)17-22(21)16-26(2,19-27)25(30)29-24-12-10-20(18-28)11-13-24/h4-9,20,22,24H,3,10-19,28H2,1-2H3,(H,29,30)/b21-7+. The van der Waals surface area contributed by atoms with Crippen molar-refractivity contribution < 1.29 is 4.79 Å². The number of benzene rings is 1. The van der Waals surface area contributed by atoms with E-state index in [4.69, 9.17) is 5.73 Å². The summed E-state index contributed by atoms with van der Waals surface area (Å²) in [6.45, 7) is 5.26. The summed E-state index contributed by atoms with van der Waals surface area (Å²) >= 11 is 0. The first-order chi connectivity index (χ1) is 14.5. The van der Waals surface area contributed by atoms with Crippen LogP contribution in [0.3, 0.4) is 0 Å². The van der Waals surface area contributed by atoms with Gasteiger partial charge in [0.15, 0.2) is 0 Å². The third kappa shape index (κ3) is 4.23. The van der Waals surface area contributed by atoms with Crippen molar-refractivity contribution in [1.29, 1.82) is 0 Å². The number of nitrogens with two attached hydrogens (primary N) is 1. The van der Waals surface area contributed by atoms with Crippen LogP contribution >= 0.6 is 0 Å². The lowest BCUT2D eigenvalue weighted by atomic mass is 9.51. The predicted molar refractivity (Wildman–Crippen MR) is 124 cm³/mol. The fraction of sp³-hybridized carbons (Fsp3) is 0.667. The SMILES string of the molecule is CC/C=C1\CCC2(c3ccccc3)CC1CC(C)(C(=O)NC1CCC(CN)CC1)C2.